The third-order valence-electron chi connectivity index (χ3n) is 2.57. The van der Waals surface area contributed by atoms with Gasteiger partial charge in [0.25, 0.3) is 0 Å². The molecule has 0 aliphatic rings. The lowest BCUT2D eigenvalue weighted by atomic mass is 10.2. The van der Waals surface area contributed by atoms with Gasteiger partial charge < -0.3 is 9.77 Å². The zero-order valence-electron chi connectivity index (χ0n) is 9.02. The van der Waals surface area contributed by atoms with Gasteiger partial charge in [0.15, 0.2) is 0 Å². The predicted molar refractivity (Wildman–Crippen MR) is 55.6 cm³/mol. The van der Waals surface area contributed by atoms with E-state index >= 15 is 0 Å². The van der Waals surface area contributed by atoms with Crippen molar-refractivity contribution in [2.24, 2.45) is 7.05 Å². The SMILES string of the molecule is Cn1c(=O)c(=O)n(O)c2cc(C(F)(F)F)ccc21. The lowest BCUT2D eigenvalue weighted by Gasteiger charge is -2.11. The van der Waals surface area contributed by atoms with Gasteiger partial charge in [-0.05, 0) is 18.2 Å². The summed E-state index contributed by atoms with van der Waals surface area (Å²) >= 11 is 0. The highest BCUT2D eigenvalue weighted by Crippen LogP contribution is 2.30. The van der Waals surface area contributed by atoms with Crippen LogP contribution in [0.3, 0.4) is 0 Å². The molecule has 0 unspecified atom stereocenters. The average Bonchev–Trinajstić information content (AvgIpc) is 2.32. The molecule has 1 aromatic heterocycles. The van der Waals surface area contributed by atoms with E-state index in [1.54, 1.807) is 0 Å². The Morgan fingerprint density at radius 3 is 2.28 bits per heavy atom. The van der Waals surface area contributed by atoms with E-state index in [-0.39, 0.29) is 15.8 Å². The lowest BCUT2D eigenvalue weighted by molar-refractivity contribution is -0.137. The Balaban J connectivity index is 2.96. The van der Waals surface area contributed by atoms with Crippen LogP contribution in [0.2, 0.25) is 0 Å². The number of aromatic nitrogens is 2. The van der Waals surface area contributed by atoms with Crippen LogP contribution < -0.4 is 11.1 Å². The maximum absolute atomic E-state index is 12.5. The summed E-state index contributed by atoms with van der Waals surface area (Å²) in [6, 6.07) is 2.40. The first-order chi connectivity index (χ1) is 8.23. The summed E-state index contributed by atoms with van der Waals surface area (Å²) in [5, 5.41) is 9.38. The number of halogens is 3. The van der Waals surface area contributed by atoms with Gasteiger partial charge in [-0.3, -0.25) is 9.59 Å². The van der Waals surface area contributed by atoms with Crippen molar-refractivity contribution < 1.29 is 18.4 Å². The summed E-state index contributed by atoms with van der Waals surface area (Å²) in [4.78, 5) is 22.6. The molecule has 8 heteroatoms. The molecule has 0 saturated carbocycles. The highest BCUT2D eigenvalue weighted by molar-refractivity contribution is 5.75. The highest BCUT2D eigenvalue weighted by atomic mass is 19.4. The van der Waals surface area contributed by atoms with Crippen LogP contribution in [0.25, 0.3) is 11.0 Å². The van der Waals surface area contributed by atoms with E-state index in [0.29, 0.717) is 6.07 Å². The van der Waals surface area contributed by atoms with Crippen molar-refractivity contribution in [2.45, 2.75) is 6.18 Å². The van der Waals surface area contributed by atoms with Gasteiger partial charge in [-0.2, -0.15) is 13.2 Å². The fraction of sp³-hybridized carbons (Fsp3) is 0.200. The number of hydrogen-bond acceptors (Lipinski definition) is 3. The minimum atomic E-state index is -4.60. The second-order valence-corrected chi connectivity index (χ2v) is 3.68. The van der Waals surface area contributed by atoms with Crippen molar-refractivity contribution in [1.82, 2.24) is 9.30 Å². The predicted octanol–water partition coefficient (Wildman–Crippen LogP) is 0.956. The van der Waals surface area contributed by atoms with Crippen LogP contribution >= 0.6 is 0 Å². The molecule has 2 rings (SSSR count). The Hall–Kier alpha value is -2.25. The topological polar surface area (TPSA) is 64.2 Å². The van der Waals surface area contributed by atoms with Gasteiger partial charge in [0.1, 0.15) is 5.52 Å². The summed E-state index contributed by atoms with van der Waals surface area (Å²) in [5.41, 5.74) is -3.70. The monoisotopic (exact) mass is 260 g/mol. The summed E-state index contributed by atoms with van der Waals surface area (Å²) in [6.07, 6.45) is -4.60. The van der Waals surface area contributed by atoms with E-state index in [0.717, 1.165) is 16.7 Å². The van der Waals surface area contributed by atoms with E-state index in [2.05, 4.69) is 0 Å². The fourth-order valence-corrected chi connectivity index (χ4v) is 1.61. The number of rotatable bonds is 0. The number of nitrogens with zero attached hydrogens (tertiary/aromatic N) is 2. The maximum atomic E-state index is 12.5. The van der Waals surface area contributed by atoms with E-state index < -0.39 is 22.9 Å². The third kappa shape index (κ3) is 1.66. The van der Waals surface area contributed by atoms with Gasteiger partial charge in [0, 0.05) is 7.05 Å². The van der Waals surface area contributed by atoms with Crippen molar-refractivity contribution in [3.05, 3.63) is 44.5 Å². The first-order valence-corrected chi connectivity index (χ1v) is 4.75. The second-order valence-electron chi connectivity index (χ2n) is 3.68. The van der Waals surface area contributed by atoms with E-state index in [1.165, 1.54) is 7.05 Å². The fourth-order valence-electron chi connectivity index (χ4n) is 1.61. The minimum Gasteiger partial charge on any atom is -0.425 e. The van der Waals surface area contributed by atoms with Crippen LogP contribution in [0.4, 0.5) is 13.2 Å². The van der Waals surface area contributed by atoms with Gasteiger partial charge in [0.05, 0.1) is 11.1 Å². The Labute approximate surface area is 97.3 Å². The molecular formula is C10H7F3N2O3. The smallest absolute Gasteiger partial charge is 0.416 e. The Morgan fingerprint density at radius 2 is 1.72 bits per heavy atom. The molecule has 0 spiro atoms. The van der Waals surface area contributed by atoms with Crippen molar-refractivity contribution in [3.8, 4) is 0 Å². The lowest BCUT2D eigenvalue weighted by Crippen LogP contribution is -2.39. The Bertz CT molecular complexity index is 743. The summed E-state index contributed by atoms with van der Waals surface area (Å²) in [5.74, 6) is 0. The molecule has 1 heterocycles. The molecule has 0 radical (unpaired) electrons. The number of benzene rings is 1. The second kappa shape index (κ2) is 3.62. The standard InChI is InChI=1S/C10H7F3N2O3/c1-14-6-3-2-5(10(11,12)13)4-7(6)15(18)9(17)8(14)16/h2-4,18H,1H3. The van der Waals surface area contributed by atoms with E-state index in [4.69, 9.17) is 0 Å². The molecule has 0 fully saturated rings. The Kier molecular flexibility index (Phi) is 2.46. The minimum absolute atomic E-state index is 0.0232. The van der Waals surface area contributed by atoms with Crippen LogP contribution in [0.15, 0.2) is 27.8 Å². The van der Waals surface area contributed by atoms with Crippen LogP contribution in [-0.2, 0) is 13.2 Å². The average molecular weight is 260 g/mol. The first kappa shape index (κ1) is 12.2. The molecular weight excluding hydrogens is 253 g/mol. The quantitative estimate of drug-likeness (QED) is 0.566. The molecule has 1 aromatic carbocycles. The van der Waals surface area contributed by atoms with Gasteiger partial charge in [-0.15, -0.1) is 4.73 Å². The molecule has 0 atom stereocenters. The van der Waals surface area contributed by atoms with Crippen molar-refractivity contribution >= 4 is 11.0 Å². The number of hydrogen-bond donors (Lipinski definition) is 1. The zero-order valence-corrected chi connectivity index (χ0v) is 9.02. The molecule has 18 heavy (non-hydrogen) atoms. The summed E-state index contributed by atoms with van der Waals surface area (Å²) in [6.45, 7) is 0. The maximum Gasteiger partial charge on any atom is 0.416 e. The van der Waals surface area contributed by atoms with Crippen LogP contribution in [0, 0.1) is 0 Å². The van der Waals surface area contributed by atoms with Crippen LogP contribution in [0.1, 0.15) is 5.56 Å². The highest BCUT2D eigenvalue weighted by Gasteiger charge is 2.31. The van der Waals surface area contributed by atoms with Gasteiger partial charge in [0.2, 0.25) is 0 Å². The van der Waals surface area contributed by atoms with Crippen LogP contribution in [-0.4, -0.2) is 14.5 Å². The number of fused-ring (bicyclic) bond motifs is 1. The molecule has 0 bridgehead atoms. The van der Waals surface area contributed by atoms with Crippen LogP contribution in [0.5, 0.6) is 0 Å². The number of aryl methyl sites for hydroxylation is 1. The van der Waals surface area contributed by atoms with E-state index in [9.17, 15) is 28.0 Å². The summed E-state index contributed by atoms with van der Waals surface area (Å²) < 4.78 is 38.3. The zero-order chi connectivity index (χ0) is 13.7. The van der Waals surface area contributed by atoms with E-state index in [1.807, 2.05) is 0 Å². The van der Waals surface area contributed by atoms with Crippen molar-refractivity contribution in [3.63, 3.8) is 0 Å². The van der Waals surface area contributed by atoms with Crippen molar-refractivity contribution in [1.29, 1.82) is 0 Å². The molecule has 0 aliphatic carbocycles. The van der Waals surface area contributed by atoms with Gasteiger partial charge >= 0.3 is 17.3 Å². The molecule has 2 aromatic rings. The largest absolute Gasteiger partial charge is 0.425 e. The molecule has 1 N–H and O–H groups in total. The molecule has 0 saturated heterocycles. The normalized spacial score (nSPS) is 12.0. The number of alkyl halides is 3. The van der Waals surface area contributed by atoms with Gasteiger partial charge in [-0.1, -0.05) is 0 Å². The molecule has 5 nitrogen and oxygen atoms in total. The molecule has 0 aliphatic heterocycles. The van der Waals surface area contributed by atoms with Gasteiger partial charge in [-0.25, -0.2) is 0 Å². The molecule has 0 amide bonds. The summed E-state index contributed by atoms with van der Waals surface area (Å²) in [7, 11) is 1.24. The van der Waals surface area contributed by atoms with Crippen molar-refractivity contribution in [2.75, 3.05) is 0 Å². The first-order valence-electron chi connectivity index (χ1n) is 4.75. The Morgan fingerprint density at radius 1 is 1.11 bits per heavy atom. The molecule has 96 valence electrons. The third-order valence-corrected chi connectivity index (χ3v) is 2.57.